The molecule has 354 valence electrons. The maximum Gasteiger partial charge on any atom is 0.312 e. The lowest BCUT2D eigenvalue weighted by Gasteiger charge is -2.49. The number of methoxy groups -OCH3 is 1. The average molecular weight is 905 g/mol. The third kappa shape index (κ3) is 8.99. The minimum absolute atomic E-state index is 0.0261. The molecular weight excluding hydrogens is 841 g/mol. The van der Waals surface area contributed by atoms with E-state index in [9.17, 15) is 39.3 Å². The van der Waals surface area contributed by atoms with Crippen molar-refractivity contribution in [2.75, 3.05) is 33.3 Å². The number of ketones is 3. The number of fused-ring (bicyclic) bond motifs is 14. The number of nitrogens with two attached hydrogens (primary N) is 1. The summed E-state index contributed by atoms with van der Waals surface area (Å²) in [4.78, 5) is 88.0. The van der Waals surface area contributed by atoms with Crippen LogP contribution in [0, 0.1) is 30.6 Å². The number of nitrogens with one attached hydrogen (secondary N) is 1. The largest absolute Gasteiger partial charge is 0.507 e. The van der Waals surface area contributed by atoms with Crippen molar-refractivity contribution in [2.45, 2.75) is 123 Å². The second-order valence-electron chi connectivity index (χ2n) is 18.4. The normalized spacial score (nSPS) is 31.6. The molecule has 5 aliphatic heterocycles. The highest BCUT2D eigenvalue weighted by Gasteiger charge is 2.54. The zero-order chi connectivity index (χ0) is 47.9. The van der Waals surface area contributed by atoms with Gasteiger partial charge in [0.15, 0.2) is 0 Å². The quantitative estimate of drug-likeness (QED) is 0.264. The second kappa shape index (κ2) is 19.2. The van der Waals surface area contributed by atoms with Crippen molar-refractivity contribution in [3.8, 4) is 11.5 Å². The number of rotatable bonds is 5. The third-order valence-electron chi connectivity index (χ3n) is 14.3. The molecule has 1 aromatic rings. The van der Waals surface area contributed by atoms with Crippen LogP contribution in [0.25, 0.3) is 0 Å². The highest BCUT2D eigenvalue weighted by Crippen LogP contribution is 2.49. The Morgan fingerprint density at radius 2 is 1.52 bits per heavy atom. The highest BCUT2D eigenvalue weighted by atomic mass is 16.7. The summed E-state index contributed by atoms with van der Waals surface area (Å²) in [5.74, 6) is -9.98. The number of primary amides is 1. The van der Waals surface area contributed by atoms with Crippen LogP contribution in [-0.2, 0) is 28.6 Å². The number of allylic oxidation sites excluding steroid dienone is 4. The number of aromatic hydroxyl groups is 1. The molecule has 6 N–H and O–H groups in total. The highest BCUT2D eigenvalue weighted by molar-refractivity contribution is 6.32. The molecule has 17 heteroatoms. The lowest BCUT2D eigenvalue weighted by atomic mass is 9.78. The van der Waals surface area contributed by atoms with E-state index in [0.29, 0.717) is 13.1 Å². The van der Waals surface area contributed by atoms with Crippen molar-refractivity contribution in [1.82, 2.24) is 15.1 Å². The molecular formula is C48H64N4O13. The van der Waals surface area contributed by atoms with Gasteiger partial charge in [0.1, 0.15) is 34.5 Å². The van der Waals surface area contributed by atoms with Gasteiger partial charge in [-0.1, -0.05) is 52.3 Å². The number of piperidine rings is 2. The Bertz CT molecular complexity index is 2230. The van der Waals surface area contributed by atoms with E-state index in [4.69, 9.17) is 24.7 Å². The van der Waals surface area contributed by atoms with E-state index in [0.717, 1.165) is 19.3 Å². The number of hydrogen-bond acceptors (Lipinski definition) is 15. The Morgan fingerprint density at radius 3 is 2.12 bits per heavy atom. The van der Waals surface area contributed by atoms with E-state index in [2.05, 4.69) is 10.2 Å². The van der Waals surface area contributed by atoms with Gasteiger partial charge in [0.25, 0.3) is 11.7 Å². The van der Waals surface area contributed by atoms with Crippen molar-refractivity contribution in [3.05, 3.63) is 69.8 Å². The van der Waals surface area contributed by atoms with Crippen molar-refractivity contribution >= 4 is 35.1 Å². The van der Waals surface area contributed by atoms with E-state index in [-0.39, 0.29) is 54.1 Å². The summed E-state index contributed by atoms with van der Waals surface area (Å²) < 4.78 is 23.7. The number of phenols is 1. The number of aliphatic hydroxyl groups is 2. The molecule has 2 fully saturated rings. The number of ether oxygens (including phenoxy) is 4. The van der Waals surface area contributed by atoms with Crippen LogP contribution < -0.4 is 15.8 Å². The molecule has 0 spiro atoms. The molecule has 0 saturated carbocycles. The molecule has 5 heterocycles. The van der Waals surface area contributed by atoms with Crippen LogP contribution in [-0.4, -0.2) is 129 Å². The minimum Gasteiger partial charge on any atom is -0.507 e. The SMILES string of the molecule is CO[C@H]1C=CO[C@@]2(C)Oc3c(C)c(O)c4c(c3C2=O)C(=O)C(N2CCC(C(N)=O)(N3CCCCC3)CC2)=C(NC(=O)C(C)=CC=C[C@H](C)[C@H](O)[C@@H](C)[C@H](O)[C@H](C)[C@H](OC(C)=O)[C@@H]1C)C4=O. The number of carbonyl (C=O) groups is 6. The fourth-order valence-corrected chi connectivity index (χ4v) is 10.1. The molecule has 6 aliphatic rings. The van der Waals surface area contributed by atoms with E-state index in [1.807, 2.05) is 0 Å². The van der Waals surface area contributed by atoms with Crippen molar-refractivity contribution in [2.24, 2.45) is 29.4 Å². The van der Waals surface area contributed by atoms with Gasteiger partial charge in [0.2, 0.25) is 17.5 Å². The van der Waals surface area contributed by atoms with E-state index >= 15 is 4.79 Å². The van der Waals surface area contributed by atoms with Crippen LogP contribution in [0.2, 0.25) is 0 Å². The summed E-state index contributed by atoms with van der Waals surface area (Å²) in [5, 5.41) is 37.4. The summed E-state index contributed by atoms with van der Waals surface area (Å²) in [5.41, 5.74) is 3.32. The zero-order valence-corrected chi connectivity index (χ0v) is 38.8. The molecule has 9 atom stereocenters. The van der Waals surface area contributed by atoms with Gasteiger partial charge < -0.3 is 50.2 Å². The second-order valence-corrected chi connectivity index (χ2v) is 18.4. The number of aliphatic hydroxyl groups excluding tert-OH is 2. The Kier molecular flexibility index (Phi) is 14.5. The van der Waals surface area contributed by atoms with E-state index in [1.165, 1.54) is 53.2 Å². The first-order valence-corrected chi connectivity index (χ1v) is 22.5. The van der Waals surface area contributed by atoms with Gasteiger partial charge in [-0.3, -0.25) is 33.7 Å². The number of hydrogen-bond donors (Lipinski definition) is 5. The molecule has 2 saturated heterocycles. The maximum absolute atomic E-state index is 15.2. The maximum atomic E-state index is 15.2. The predicted molar refractivity (Wildman–Crippen MR) is 236 cm³/mol. The van der Waals surface area contributed by atoms with Gasteiger partial charge >= 0.3 is 11.8 Å². The first-order chi connectivity index (χ1) is 30.6. The van der Waals surface area contributed by atoms with Crippen LogP contribution in [0.4, 0.5) is 0 Å². The average Bonchev–Trinajstić information content (AvgIpc) is 3.54. The minimum atomic E-state index is -2.13. The lowest BCUT2D eigenvalue weighted by molar-refractivity contribution is -0.160. The van der Waals surface area contributed by atoms with Gasteiger partial charge in [-0.25, -0.2) is 0 Å². The summed E-state index contributed by atoms with van der Waals surface area (Å²) in [6.45, 7) is 13.9. The summed E-state index contributed by atoms with van der Waals surface area (Å²) in [6, 6.07) is 0. The van der Waals surface area contributed by atoms with Crippen LogP contribution in [0.5, 0.6) is 11.5 Å². The smallest absolute Gasteiger partial charge is 0.312 e. The summed E-state index contributed by atoms with van der Waals surface area (Å²) in [7, 11) is 1.42. The van der Waals surface area contributed by atoms with Crippen molar-refractivity contribution in [1.29, 1.82) is 0 Å². The number of likely N-dealkylation sites (tertiary alicyclic amines) is 2. The Labute approximate surface area is 379 Å². The monoisotopic (exact) mass is 904 g/mol. The molecule has 0 radical (unpaired) electrons. The fraction of sp³-hybridized carbons (Fsp3) is 0.583. The van der Waals surface area contributed by atoms with Gasteiger partial charge in [-0.05, 0) is 58.7 Å². The number of nitrogens with zero attached hydrogens (tertiary/aromatic N) is 2. The summed E-state index contributed by atoms with van der Waals surface area (Å²) >= 11 is 0. The zero-order valence-electron chi connectivity index (χ0n) is 38.8. The number of phenolic OH excluding ortho intramolecular Hbond substituents is 1. The Morgan fingerprint density at radius 1 is 0.877 bits per heavy atom. The molecule has 0 aromatic heterocycles. The first-order valence-electron chi connectivity index (χ1n) is 22.5. The number of amides is 2. The number of benzene rings is 1. The van der Waals surface area contributed by atoms with Crippen molar-refractivity contribution in [3.63, 3.8) is 0 Å². The van der Waals surface area contributed by atoms with Crippen LogP contribution >= 0.6 is 0 Å². The van der Waals surface area contributed by atoms with Gasteiger partial charge in [-0.15, -0.1) is 0 Å². The van der Waals surface area contributed by atoms with E-state index in [1.54, 1.807) is 44.7 Å². The topological polar surface area (TPSA) is 245 Å². The predicted octanol–water partition coefficient (Wildman–Crippen LogP) is 3.76. The molecule has 0 unspecified atom stereocenters. The number of carbonyl (C=O) groups excluding carboxylic acids is 6. The molecule has 65 heavy (non-hydrogen) atoms. The number of esters is 1. The fourth-order valence-electron chi connectivity index (χ4n) is 10.1. The van der Waals surface area contributed by atoms with Gasteiger partial charge in [0, 0.05) is 68.9 Å². The first kappa shape index (κ1) is 49.1. The summed E-state index contributed by atoms with van der Waals surface area (Å²) in [6.07, 6.45) is 6.56. The third-order valence-corrected chi connectivity index (χ3v) is 14.3. The molecule has 17 nitrogen and oxygen atoms in total. The van der Waals surface area contributed by atoms with Crippen molar-refractivity contribution < 1.29 is 63.0 Å². The van der Waals surface area contributed by atoms with Crippen LogP contribution in [0.3, 0.4) is 0 Å². The Hall–Kier alpha value is -5.36. The van der Waals surface area contributed by atoms with Crippen LogP contribution in [0.1, 0.15) is 117 Å². The number of Topliss-reactive ketones (excluding diaryl/α,β-unsaturated/α-hetero) is 3. The van der Waals surface area contributed by atoms with Gasteiger partial charge in [-0.2, -0.15) is 0 Å². The molecule has 1 aromatic carbocycles. The Balaban J connectivity index is 1.48. The van der Waals surface area contributed by atoms with Crippen LogP contribution in [0.15, 0.2) is 47.5 Å². The molecule has 7 rings (SSSR count). The molecule has 2 amide bonds. The molecule has 1 aliphatic carbocycles. The van der Waals surface area contributed by atoms with E-state index < -0.39 is 117 Å². The standard InChI is InChI=1S/C48H64N4O13/c1-24-14-13-15-25(2)45(60)50-35-36(51-21-17-48(18-22-51,46(49)61)52-19-11-10-12-20-52)41(58)32-33(40(35)57)39(56)29(6)43-34(32)44(59)47(8,65-43)63-23-16-31(62-9)26(3)42(64-30(7)53)28(5)38(55)27(4)37(24)54/h13-16,23-24,26-28,31,37-38,42,54-56H,10-12,17-22H2,1-9H3,(H2,49,61)(H,50,60)/t24-,26+,27+,28-,31-,37-,38-,42+,47-/m0/s1. The molecule has 5 bridgehead atoms. The lowest BCUT2D eigenvalue weighted by Crippen LogP contribution is -2.63. The van der Waals surface area contributed by atoms with Gasteiger partial charge in [0.05, 0.1) is 41.3 Å².